The minimum Gasteiger partial charge on any atom is -0.481 e. The van der Waals surface area contributed by atoms with Gasteiger partial charge in [-0.25, -0.2) is 9.80 Å². The maximum absolute atomic E-state index is 14.0. The predicted molar refractivity (Wildman–Crippen MR) is 148 cm³/mol. The topological polar surface area (TPSA) is 162 Å². The van der Waals surface area contributed by atoms with E-state index in [1.165, 1.54) is 17.0 Å². The van der Waals surface area contributed by atoms with Gasteiger partial charge in [-0.3, -0.25) is 24.8 Å². The lowest BCUT2D eigenvalue weighted by Gasteiger charge is -2.36. The molecule has 0 aliphatic rings. The summed E-state index contributed by atoms with van der Waals surface area (Å²) in [5.41, 5.74) is 3.88. The highest BCUT2D eigenvalue weighted by molar-refractivity contribution is 5.92. The lowest BCUT2D eigenvalue weighted by Crippen LogP contribution is -2.56. The molecular weight excluding hydrogens is 520 g/mol. The molecule has 0 spiro atoms. The van der Waals surface area contributed by atoms with Crippen LogP contribution in [0.25, 0.3) is 10.9 Å². The predicted octanol–water partition coefficient (Wildman–Crippen LogP) is 1.48. The average Bonchev–Trinajstić information content (AvgIpc) is 2.90. The largest absolute Gasteiger partial charge is 0.481 e. The summed E-state index contributed by atoms with van der Waals surface area (Å²) in [7, 11) is 1.47. The summed E-state index contributed by atoms with van der Waals surface area (Å²) in [6.45, 7) is 7.90. The molecule has 0 saturated heterocycles. The highest BCUT2D eigenvalue weighted by Crippen LogP contribution is 2.22. The molecule has 40 heavy (non-hydrogen) atoms. The molecule has 2 unspecified atom stereocenters. The van der Waals surface area contributed by atoms with Crippen LogP contribution < -0.4 is 16.1 Å². The van der Waals surface area contributed by atoms with Crippen LogP contribution in [0.2, 0.25) is 0 Å². The smallest absolute Gasteiger partial charge is 0.329 e. The minimum absolute atomic E-state index is 0.0651. The Bertz CT molecular complexity index is 1140. The van der Waals surface area contributed by atoms with Crippen molar-refractivity contribution in [2.24, 2.45) is 0 Å². The van der Waals surface area contributed by atoms with Crippen LogP contribution in [0.1, 0.15) is 39.7 Å². The summed E-state index contributed by atoms with van der Waals surface area (Å²) in [6.07, 6.45) is 0.210. The van der Waals surface area contributed by atoms with Crippen LogP contribution in [-0.4, -0.2) is 95.5 Å². The molecule has 0 aliphatic carbocycles. The molecule has 0 bridgehead atoms. The Morgan fingerprint density at radius 1 is 1.05 bits per heavy atom. The maximum Gasteiger partial charge on any atom is 0.329 e. The van der Waals surface area contributed by atoms with Gasteiger partial charge in [-0.2, -0.15) is 0 Å². The summed E-state index contributed by atoms with van der Waals surface area (Å²) in [5.74, 6) is -2.54. The number of carbonyl (C=O) groups excluding carboxylic acids is 3. The lowest BCUT2D eigenvalue weighted by atomic mass is 10.1. The van der Waals surface area contributed by atoms with Crippen molar-refractivity contribution in [2.45, 2.75) is 59.0 Å². The standard InChI is InChI=1S/C27H40N6O7/c1-6-28-27(38)31-32(5)17-22(34)30-21(15-23(35)36)25(37)33(18(4)26(39-7-2)40-8-3)16-20-12-9-11-19-13-10-14-29-24(19)20/h9-14,18,21,26H,6-8,15-17H2,1-5H3,(H,30,34)(H,35,36)(H2,28,31,38). The van der Waals surface area contributed by atoms with E-state index in [1.807, 2.05) is 30.3 Å². The van der Waals surface area contributed by atoms with Crippen LogP contribution in [0.4, 0.5) is 4.79 Å². The minimum atomic E-state index is -1.39. The number of nitrogens with zero attached hydrogens (tertiary/aromatic N) is 3. The van der Waals surface area contributed by atoms with Crippen molar-refractivity contribution in [3.8, 4) is 0 Å². The van der Waals surface area contributed by atoms with Gasteiger partial charge >= 0.3 is 12.0 Å². The maximum atomic E-state index is 14.0. The number of amides is 4. The summed E-state index contributed by atoms with van der Waals surface area (Å²) in [5, 5.41) is 16.7. The number of rotatable bonds is 16. The molecule has 2 atom stereocenters. The fourth-order valence-electron chi connectivity index (χ4n) is 4.15. The second-order valence-corrected chi connectivity index (χ2v) is 9.02. The molecule has 1 aromatic carbocycles. The molecule has 0 saturated carbocycles. The summed E-state index contributed by atoms with van der Waals surface area (Å²) < 4.78 is 11.5. The molecule has 1 aromatic heterocycles. The van der Waals surface area contributed by atoms with Crippen molar-refractivity contribution >= 4 is 34.7 Å². The number of likely N-dealkylation sites (N-methyl/N-ethyl adjacent to an activating group) is 1. The number of nitrogens with one attached hydrogen (secondary N) is 3. The third-order valence-corrected chi connectivity index (χ3v) is 5.91. The third kappa shape index (κ3) is 9.74. The number of carboxylic acids is 1. The second-order valence-electron chi connectivity index (χ2n) is 9.02. The van der Waals surface area contributed by atoms with E-state index in [4.69, 9.17) is 9.47 Å². The van der Waals surface area contributed by atoms with Crippen molar-refractivity contribution in [1.82, 2.24) is 31.0 Å². The van der Waals surface area contributed by atoms with Crippen LogP contribution in [-0.2, 0) is 30.4 Å². The van der Waals surface area contributed by atoms with Crippen LogP contribution >= 0.6 is 0 Å². The first-order valence-corrected chi connectivity index (χ1v) is 13.2. The SMILES string of the molecule is CCNC(=O)NN(C)CC(=O)NC(CC(=O)O)C(=O)N(Cc1cccc2cccnc12)C(C)C(OCC)OCC. The van der Waals surface area contributed by atoms with Crippen molar-refractivity contribution in [1.29, 1.82) is 0 Å². The van der Waals surface area contributed by atoms with Gasteiger partial charge in [0.25, 0.3) is 0 Å². The number of carboxylic acid groups (broad SMARTS) is 1. The van der Waals surface area contributed by atoms with Gasteiger partial charge in [-0.05, 0) is 39.3 Å². The van der Waals surface area contributed by atoms with E-state index in [2.05, 4.69) is 21.0 Å². The van der Waals surface area contributed by atoms with E-state index in [0.717, 1.165) is 10.9 Å². The Hall–Kier alpha value is -3.81. The molecule has 4 amide bonds. The van der Waals surface area contributed by atoms with Gasteiger partial charge in [0, 0.05) is 44.9 Å². The van der Waals surface area contributed by atoms with E-state index in [-0.39, 0.29) is 13.1 Å². The Labute approximate surface area is 234 Å². The van der Waals surface area contributed by atoms with Gasteiger partial charge in [0.05, 0.1) is 24.5 Å². The Morgan fingerprint density at radius 3 is 2.35 bits per heavy atom. The molecule has 1 heterocycles. The number of ether oxygens (including phenoxy) is 2. The number of hydrazine groups is 1. The zero-order chi connectivity index (χ0) is 29.7. The molecule has 13 nitrogen and oxygen atoms in total. The Balaban J connectivity index is 2.38. The zero-order valence-electron chi connectivity index (χ0n) is 23.7. The first kappa shape index (κ1) is 32.4. The number of benzene rings is 1. The van der Waals surface area contributed by atoms with Crippen LogP contribution in [0.3, 0.4) is 0 Å². The number of urea groups is 1. The van der Waals surface area contributed by atoms with Gasteiger partial charge in [-0.15, -0.1) is 0 Å². The van der Waals surface area contributed by atoms with E-state index in [0.29, 0.717) is 25.3 Å². The van der Waals surface area contributed by atoms with Crippen molar-refractivity contribution in [3.05, 3.63) is 42.1 Å². The van der Waals surface area contributed by atoms with Gasteiger partial charge in [0.2, 0.25) is 11.8 Å². The molecule has 2 rings (SSSR count). The second kappa shape index (κ2) is 16.3. The van der Waals surface area contributed by atoms with Gasteiger partial charge in [0.15, 0.2) is 6.29 Å². The van der Waals surface area contributed by atoms with Gasteiger partial charge in [-0.1, -0.05) is 24.3 Å². The van der Waals surface area contributed by atoms with Gasteiger partial charge in [0.1, 0.15) is 6.04 Å². The highest BCUT2D eigenvalue weighted by Gasteiger charge is 2.35. The lowest BCUT2D eigenvalue weighted by molar-refractivity contribution is -0.180. The number of aliphatic carboxylic acids is 1. The summed E-state index contributed by atoms with van der Waals surface area (Å²) in [4.78, 5) is 56.2. The number of para-hydroxylation sites is 1. The molecule has 0 radical (unpaired) electrons. The van der Waals surface area contributed by atoms with E-state index >= 15 is 0 Å². The average molecular weight is 561 g/mol. The molecule has 2 aromatic rings. The highest BCUT2D eigenvalue weighted by atomic mass is 16.7. The molecule has 220 valence electrons. The summed E-state index contributed by atoms with van der Waals surface area (Å²) in [6, 6.07) is 6.77. The van der Waals surface area contributed by atoms with Crippen LogP contribution in [0.15, 0.2) is 36.5 Å². The Kier molecular flexibility index (Phi) is 13.2. The van der Waals surface area contributed by atoms with Crippen LogP contribution in [0.5, 0.6) is 0 Å². The number of carbonyl (C=O) groups is 4. The zero-order valence-corrected chi connectivity index (χ0v) is 23.7. The van der Waals surface area contributed by atoms with Crippen LogP contribution in [0, 0.1) is 0 Å². The number of fused-ring (bicyclic) bond motifs is 1. The molecule has 0 fully saturated rings. The monoisotopic (exact) mass is 560 g/mol. The van der Waals surface area contributed by atoms with Gasteiger partial charge < -0.3 is 30.1 Å². The fraction of sp³-hybridized carbons (Fsp3) is 0.519. The quantitative estimate of drug-likeness (QED) is 0.176. The number of pyridine rings is 1. The van der Waals surface area contributed by atoms with E-state index in [9.17, 15) is 24.3 Å². The molecular formula is C27H40N6O7. The normalized spacial score (nSPS) is 12.7. The molecule has 13 heteroatoms. The number of hydrogen-bond acceptors (Lipinski definition) is 8. The summed E-state index contributed by atoms with van der Waals surface area (Å²) >= 11 is 0. The Morgan fingerprint density at radius 2 is 1.73 bits per heavy atom. The number of aromatic nitrogens is 1. The van der Waals surface area contributed by atoms with E-state index < -0.39 is 48.6 Å². The van der Waals surface area contributed by atoms with Crippen molar-refractivity contribution in [3.63, 3.8) is 0 Å². The third-order valence-electron chi connectivity index (χ3n) is 5.91. The van der Waals surface area contributed by atoms with Crippen molar-refractivity contribution < 1.29 is 33.8 Å². The first-order chi connectivity index (χ1) is 19.1. The number of hydrogen-bond donors (Lipinski definition) is 4. The van der Waals surface area contributed by atoms with E-state index in [1.54, 1.807) is 33.9 Å². The first-order valence-electron chi connectivity index (χ1n) is 13.2. The van der Waals surface area contributed by atoms with Crippen molar-refractivity contribution in [2.75, 3.05) is 33.4 Å². The fourth-order valence-corrected chi connectivity index (χ4v) is 4.15. The molecule has 0 aliphatic heterocycles. The molecule has 4 N–H and O–H groups in total.